The van der Waals surface area contributed by atoms with Gasteiger partial charge in [0.15, 0.2) is 0 Å². The Hall–Kier alpha value is -4.09. The normalized spacial score (nSPS) is 18.1. The van der Waals surface area contributed by atoms with Crippen LogP contribution in [0.5, 0.6) is 11.5 Å². The number of aromatic nitrogens is 3. The number of aromatic amines is 1. The van der Waals surface area contributed by atoms with Crippen LogP contribution in [0.1, 0.15) is 52.5 Å². The highest BCUT2D eigenvalue weighted by atomic mass is 16.5. The van der Waals surface area contributed by atoms with Gasteiger partial charge in [-0.25, -0.2) is 4.99 Å². The van der Waals surface area contributed by atoms with Gasteiger partial charge in [0.1, 0.15) is 24.2 Å². The molecule has 0 aliphatic carbocycles. The van der Waals surface area contributed by atoms with Crippen molar-refractivity contribution >= 4 is 22.7 Å². The summed E-state index contributed by atoms with van der Waals surface area (Å²) in [6, 6.07) is 15.7. The van der Waals surface area contributed by atoms with Crippen molar-refractivity contribution in [2.45, 2.75) is 71.2 Å². The number of aliphatic hydroxyl groups excluding tert-OH is 1. The minimum absolute atomic E-state index is 0.195. The summed E-state index contributed by atoms with van der Waals surface area (Å²) in [4.78, 5) is 8.79. The first-order chi connectivity index (χ1) is 20.2. The summed E-state index contributed by atoms with van der Waals surface area (Å²) in [6.45, 7) is 9.26. The average Bonchev–Trinajstić information content (AvgIpc) is 3.65. The predicted molar refractivity (Wildman–Crippen MR) is 160 cm³/mol. The maximum atomic E-state index is 12.2. The highest BCUT2D eigenvalue weighted by Gasteiger charge is 2.33. The summed E-state index contributed by atoms with van der Waals surface area (Å²) >= 11 is 0. The zero-order valence-electron chi connectivity index (χ0n) is 25.0. The van der Waals surface area contributed by atoms with E-state index in [2.05, 4.69) is 39.4 Å². The zero-order valence-corrected chi connectivity index (χ0v) is 25.0. The number of H-pyrrole nitrogens is 1. The SMILES string of the molecule is CC(C)NCC(O)COc1cccc2[nH]ccc12.COc1ccc(C([O-])=Nc2c[n+](N3[C@H](C)CCC[C@@H]3C)no2)cc1. The molecular formula is C31H42N6O5. The summed E-state index contributed by atoms with van der Waals surface area (Å²) in [6.07, 6.45) is 6.48. The fourth-order valence-corrected chi connectivity index (χ4v) is 4.90. The molecule has 0 radical (unpaired) electrons. The van der Waals surface area contributed by atoms with Crippen molar-refractivity contribution in [2.24, 2.45) is 4.99 Å². The number of piperidine rings is 1. The van der Waals surface area contributed by atoms with E-state index in [4.69, 9.17) is 14.0 Å². The van der Waals surface area contributed by atoms with Gasteiger partial charge >= 0.3 is 5.88 Å². The molecule has 1 unspecified atom stereocenters. The lowest BCUT2D eigenvalue weighted by Crippen LogP contribution is -2.67. The molecular weight excluding hydrogens is 536 g/mol. The second kappa shape index (κ2) is 14.7. The van der Waals surface area contributed by atoms with Gasteiger partial charge in [0.2, 0.25) is 5.27 Å². The number of ether oxygens (including phenoxy) is 2. The lowest BCUT2D eigenvalue weighted by Gasteiger charge is -2.31. The Bertz CT molecular complexity index is 1410. The first kappa shape index (κ1) is 30.9. The van der Waals surface area contributed by atoms with Crippen LogP contribution in [-0.4, -0.2) is 65.8 Å². The Balaban J connectivity index is 0.000000201. The number of rotatable bonds is 10. The molecule has 3 N–H and O–H groups in total. The van der Waals surface area contributed by atoms with Gasteiger partial charge in [0, 0.05) is 29.7 Å². The van der Waals surface area contributed by atoms with Crippen molar-refractivity contribution in [3.8, 4) is 11.5 Å². The minimum Gasteiger partial charge on any atom is -0.858 e. The molecule has 0 amide bonds. The van der Waals surface area contributed by atoms with Crippen LogP contribution in [0.25, 0.3) is 10.9 Å². The molecule has 3 atom stereocenters. The quantitative estimate of drug-likeness (QED) is 0.148. The van der Waals surface area contributed by atoms with Crippen LogP contribution >= 0.6 is 0 Å². The van der Waals surface area contributed by atoms with E-state index in [0.29, 0.717) is 42.6 Å². The second-order valence-electron chi connectivity index (χ2n) is 10.8. The number of aliphatic hydroxyl groups is 1. The van der Waals surface area contributed by atoms with E-state index in [1.54, 1.807) is 42.4 Å². The van der Waals surface area contributed by atoms with E-state index in [0.717, 1.165) is 29.5 Å². The molecule has 226 valence electrons. The third kappa shape index (κ3) is 8.23. The van der Waals surface area contributed by atoms with E-state index in [1.807, 2.05) is 44.3 Å². The Labute approximate surface area is 246 Å². The van der Waals surface area contributed by atoms with Crippen LogP contribution in [0, 0.1) is 0 Å². The third-order valence-corrected chi connectivity index (χ3v) is 7.12. The Morgan fingerprint density at radius 3 is 2.62 bits per heavy atom. The lowest BCUT2D eigenvalue weighted by atomic mass is 10.00. The Morgan fingerprint density at radius 2 is 1.93 bits per heavy atom. The van der Waals surface area contributed by atoms with E-state index >= 15 is 0 Å². The summed E-state index contributed by atoms with van der Waals surface area (Å²) in [5.74, 6) is 1.32. The highest BCUT2D eigenvalue weighted by molar-refractivity contribution is 5.92. The van der Waals surface area contributed by atoms with Crippen LogP contribution in [0.4, 0.5) is 5.88 Å². The molecule has 5 rings (SSSR count). The molecule has 11 heteroatoms. The van der Waals surface area contributed by atoms with Gasteiger partial charge in [-0.2, -0.15) is 0 Å². The number of fused-ring (bicyclic) bond motifs is 1. The van der Waals surface area contributed by atoms with Crippen molar-refractivity contribution in [2.75, 3.05) is 25.3 Å². The first-order valence-electron chi connectivity index (χ1n) is 14.4. The maximum absolute atomic E-state index is 12.2. The molecule has 1 aliphatic heterocycles. The molecule has 4 aromatic rings. The van der Waals surface area contributed by atoms with Gasteiger partial charge in [0.25, 0.3) is 6.20 Å². The van der Waals surface area contributed by atoms with Crippen LogP contribution < -0.4 is 29.7 Å². The van der Waals surface area contributed by atoms with Crippen molar-refractivity contribution in [1.82, 2.24) is 15.6 Å². The molecule has 1 aliphatic rings. The van der Waals surface area contributed by atoms with E-state index in [-0.39, 0.29) is 11.8 Å². The number of aliphatic imine (C=N–C) groups is 1. The molecule has 1 saturated heterocycles. The number of hydrogen-bond donors (Lipinski definition) is 3. The minimum atomic E-state index is -0.499. The molecule has 11 nitrogen and oxygen atoms in total. The molecule has 2 aromatic heterocycles. The van der Waals surface area contributed by atoms with Gasteiger partial charge in [-0.1, -0.05) is 32.0 Å². The second-order valence-corrected chi connectivity index (χ2v) is 10.8. The predicted octanol–water partition coefficient (Wildman–Crippen LogP) is 3.21. The number of nitrogens with zero attached hydrogens (tertiary/aromatic N) is 4. The van der Waals surface area contributed by atoms with E-state index < -0.39 is 6.10 Å². The summed E-state index contributed by atoms with van der Waals surface area (Å²) in [5.41, 5.74) is 1.51. The van der Waals surface area contributed by atoms with Crippen LogP contribution in [0.3, 0.4) is 0 Å². The fourth-order valence-electron chi connectivity index (χ4n) is 4.90. The Morgan fingerprint density at radius 1 is 1.19 bits per heavy atom. The summed E-state index contributed by atoms with van der Waals surface area (Å²) in [5, 5.41) is 32.4. The molecule has 0 spiro atoms. The van der Waals surface area contributed by atoms with Gasteiger partial charge in [-0.15, -0.1) is 5.01 Å². The van der Waals surface area contributed by atoms with Gasteiger partial charge in [-0.05, 0) is 74.9 Å². The first-order valence-corrected chi connectivity index (χ1v) is 14.4. The van der Waals surface area contributed by atoms with Crippen molar-refractivity contribution in [3.63, 3.8) is 0 Å². The molecule has 42 heavy (non-hydrogen) atoms. The van der Waals surface area contributed by atoms with Crippen molar-refractivity contribution in [1.29, 1.82) is 0 Å². The van der Waals surface area contributed by atoms with E-state index in [1.165, 1.54) is 6.42 Å². The fraction of sp³-hybridized carbons (Fsp3) is 0.452. The van der Waals surface area contributed by atoms with Crippen LogP contribution in [-0.2, 0) is 0 Å². The highest BCUT2D eigenvalue weighted by Crippen LogP contribution is 2.24. The van der Waals surface area contributed by atoms with Gasteiger partial charge < -0.3 is 30.0 Å². The lowest BCUT2D eigenvalue weighted by molar-refractivity contribution is -0.766. The van der Waals surface area contributed by atoms with Crippen molar-refractivity contribution in [3.05, 3.63) is 66.5 Å². The number of methoxy groups -OCH3 is 1. The molecule has 0 bridgehead atoms. The smallest absolute Gasteiger partial charge is 0.324 e. The summed E-state index contributed by atoms with van der Waals surface area (Å²) in [7, 11) is 1.58. The number of hydrogen-bond acceptors (Lipinski definition) is 9. The molecule has 1 fully saturated rings. The molecule has 0 saturated carbocycles. The third-order valence-electron chi connectivity index (χ3n) is 7.12. The molecule has 3 heterocycles. The zero-order chi connectivity index (χ0) is 30.1. The van der Waals surface area contributed by atoms with Crippen molar-refractivity contribution < 1.29 is 29.0 Å². The number of benzene rings is 2. The van der Waals surface area contributed by atoms with Crippen LogP contribution in [0.15, 0.2) is 70.4 Å². The average molecular weight is 579 g/mol. The largest absolute Gasteiger partial charge is 0.858 e. The monoisotopic (exact) mass is 578 g/mol. The maximum Gasteiger partial charge on any atom is 0.324 e. The molecule has 2 aromatic carbocycles. The van der Waals surface area contributed by atoms with Gasteiger partial charge in [-0.3, -0.25) is 4.52 Å². The standard InChI is InChI=1S/C17H22N4O3.C14H20N2O2/c1-12-5-4-6-13(2)21(12)20-11-16(24-19-20)18-17(22)14-7-9-15(23-3)10-8-14;1-10(2)16-8-11(17)9-18-14-5-3-4-13-12(14)6-7-15-13/h7-13H,4-6H2,1-3H3;3-7,10-11,15-17H,8-9H2,1-2H3/t12-,13+;. The summed E-state index contributed by atoms with van der Waals surface area (Å²) < 4.78 is 16.0. The Kier molecular flexibility index (Phi) is 10.8. The van der Waals surface area contributed by atoms with E-state index in [9.17, 15) is 10.2 Å². The van der Waals surface area contributed by atoms with Gasteiger partial charge in [0.05, 0.1) is 24.0 Å². The number of nitrogens with one attached hydrogen (secondary N) is 2. The topological polar surface area (TPSA) is 135 Å². The van der Waals surface area contributed by atoms with Crippen LogP contribution in [0.2, 0.25) is 0 Å².